The lowest BCUT2D eigenvalue weighted by atomic mass is 9.96. The van der Waals surface area contributed by atoms with Crippen molar-refractivity contribution in [1.29, 1.82) is 0 Å². The van der Waals surface area contributed by atoms with E-state index in [1.54, 1.807) is 24.3 Å². The van der Waals surface area contributed by atoms with E-state index >= 15 is 0 Å². The Balaban J connectivity index is 2.18. The summed E-state index contributed by atoms with van der Waals surface area (Å²) in [6, 6.07) is 8.98. The van der Waals surface area contributed by atoms with Crippen LogP contribution >= 0.6 is 0 Å². The minimum absolute atomic E-state index is 0.195. The van der Waals surface area contributed by atoms with Gasteiger partial charge < -0.3 is 10.8 Å². The third-order valence-corrected chi connectivity index (χ3v) is 3.10. The molecule has 2 nitrogen and oxygen atoms in total. The van der Waals surface area contributed by atoms with Crippen LogP contribution in [-0.4, -0.2) is 11.2 Å². The van der Waals surface area contributed by atoms with E-state index < -0.39 is 29.6 Å². The number of hydrogen-bond donors (Lipinski definition) is 2. The first-order chi connectivity index (χ1) is 9.49. The first-order valence-corrected chi connectivity index (χ1v) is 6.11. The molecule has 0 unspecified atom stereocenters. The first-order valence-electron chi connectivity index (χ1n) is 6.11. The molecule has 0 aliphatic carbocycles. The van der Waals surface area contributed by atoms with Crippen molar-refractivity contribution in [2.45, 2.75) is 18.6 Å². The van der Waals surface area contributed by atoms with Crippen molar-refractivity contribution in [3.63, 3.8) is 0 Å². The van der Waals surface area contributed by atoms with Gasteiger partial charge >= 0.3 is 0 Å². The molecule has 106 valence electrons. The van der Waals surface area contributed by atoms with Crippen LogP contribution < -0.4 is 5.73 Å². The van der Waals surface area contributed by atoms with Gasteiger partial charge in [0, 0.05) is 18.1 Å². The van der Waals surface area contributed by atoms with E-state index in [0.717, 1.165) is 5.56 Å². The van der Waals surface area contributed by atoms with Gasteiger partial charge in [0.15, 0.2) is 11.6 Å². The molecule has 3 N–H and O–H groups in total. The Kier molecular flexibility index (Phi) is 4.42. The summed E-state index contributed by atoms with van der Waals surface area (Å²) < 4.78 is 39.6. The molecule has 0 bridgehead atoms. The molecule has 0 aromatic heterocycles. The predicted molar refractivity (Wildman–Crippen MR) is 69.4 cm³/mol. The van der Waals surface area contributed by atoms with E-state index in [2.05, 4.69) is 0 Å². The third kappa shape index (κ3) is 3.18. The van der Waals surface area contributed by atoms with Gasteiger partial charge in [-0.1, -0.05) is 30.3 Å². The highest BCUT2D eigenvalue weighted by Gasteiger charge is 2.22. The molecule has 2 aromatic carbocycles. The van der Waals surface area contributed by atoms with Gasteiger partial charge in [-0.3, -0.25) is 0 Å². The van der Waals surface area contributed by atoms with Gasteiger partial charge in [0.2, 0.25) is 0 Å². The molecule has 0 aliphatic heterocycles. The van der Waals surface area contributed by atoms with Crippen LogP contribution in [0.2, 0.25) is 0 Å². The summed E-state index contributed by atoms with van der Waals surface area (Å²) in [6.07, 6.45) is -0.905. The number of hydrogen-bond acceptors (Lipinski definition) is 2. The number of halogens is 3. The normalized spacial score (nSPS) is 14.1. The van der Waals surface area contributed by atoms with Crippen molar-refractivity contribution >= 4 is 0 Å². The van der Waals surface area contributed by atoms with Gasteiger partial charge in [-0.15, -0.1) is 0 Å². The van der Waals surface area contributed by atoms with E-state index in [1.807, 2.05) is 6.07 Å². The Morgan fingerprint density at radius 1 is 0.950 bits per heavy atom. The monoisotopic (exact) mass is 281 g/mol. The molecule has 0 saturated heterocycles. The predicted octanol–water partition coefficient (Wildman–Crippen LogP) is 2.71. The maximum Gasteiger partial charge on any atom is 0.161 e. The zero-order valence-electron chi connectivity index (χ0n) is 10.6. The van der Waals surface area contributed by atoms with Crippen molar-refractivity contribution < 1.29 is 18.3 Å². The second-order valence-corrected chi connectivity index (χ2v) is 4.57. The van der Waals surface area contributed by atoms with E-state index in [-0.39, 0.29) is 12.0 Å². The number of nitrogens with two attached hydrogens (primary N) is 1. The van der Waals surface area contributed by atoms with Crippen LogP contribution in [0, 0.1) is 17.5 Å². The summed E-state index contributed by atoms with van der Waals surface area (Å²) in [7, 11) is 0. The van der Waals surface area contributed by atoms with Crippen molar-refractivity contribution in [1.82, 2.24) is 0 Å². The maximum atomic E-state index is 13.6. The van der Waals surface area contributed by atoms with Gasteiger partial charge in [0.05, 0.1) is 12.1 Å². The average molecular weight is 281 g/mol. The Bertz CT molecular complexity index is 589. The Morgan fingerprint density at radius 2 is 1.55 bits per heavy atom. The smallest absolute Gasteiger partial charge is 0.161 e. The van der Waals surface area contributed by atoms with Crippen LogP contribution in [0.25, 0.3) is 0 Å². The summed E-state index contributed by atoms with van der Waals surface area (Å²) in [5.74, 6) is -3.44. The van der Waals surface area contributed by atoms with Gasteiger partial charge in [0.25, 0.3) is 0 Å². The fourth-order valence-corrected chi connectivity index (χ4v) is 1.98. The molecule has 5 heteroatoms. The zero-order chi connectivity index (χ0) is 14.7. The molecule has 0 heterocycles. The lowest BCUT2D eigenvalue weighted by molar-refractivity contribution is 0.143. The first kappa shape index (κ1) is 14.6. The third-order valence-electron chi connectivity index (χ3n) is 3.10. The minimum Gasteiger partial charge on any atom is -0.391 e. The van der Waals surface area contributed by atoms with Crippen LogP contribution in [0.3, 0.4) is 0 Å². The lowest BCUT2D eigenvalue weighted by Crippen LogP contribution is -2.29. The van der Waals surface area contributed by atoms with Gasteiger partial charge in [-0.25, -0.2) is 13.2 Å². The van der Waals surface area contributed by atoms with Crippen LogP contribution in [-0.2, 0) is 6.42 Å². The highest BCUT2D eigenvalue weighted by molar-refractivity contribution is 5.25. The van der Waals surface area contributed by atoms with Crippen molar-refractivity contribution in [3.8, 4) is 0 Å². The van der Waals surface area contributed by atoms with E-state index in [1.165, 1.54) is 0 Å². The Hall–Kier alpha value is -1.85. The minimum atomic E-state index is -1.28. The maximum absolute atomic E-state index is 13.6. The van der Waals surface area contributed by atoms with Gasteiger partial charge in [-0.2, -0.15) is 0 Å². The molecule has 0 amide bonds. The quantitative estimate of drug-likeness (QED) is 0.846. The van der Waals surface area contributed by atoms with Crippen LogP contribution in [0.15, 0.2) is 42.5 Å². The van der Waals surface area contributed by atoms with Crippen molar-refractivity contribution in [2.24, 2.45) is 5.73 Å². The average Bonchev–Trinajstić information content (AvgIpc) is 2.43. The molecule has 2 atom stereocenters. The van der Waals surface area contributed by atoms with Gasteiger partial charge in [0.1, 0.15) is 5.82 Å². The number of aliphatic hydroxyl groups excluding tert-OH is 1. The zero-order valence-corrected chi connectivity index (χ0v) is 10.6. The number of rotatable bonds is 4. The van der Waals surface area contributed by atoms with Crippen molar-refractivity contribution in [2.75, 3.05) is 0 Å². The highest BCUT2D eigenvalue weighted by Crippen LogP contribution is 2.23. The van der Waals surface area contributed by atoms with E-state index in [4.69, 9.17) is 5.73 Å². The SMILES string of the molecule is N[C@H](c1cc(F)c(F)cc1F)[C@@H](O)Cc1ccccc1. The molecule has 0 spiro atoms. The van der Waals surface area contributed by atoms with Gasteiger partial charge in [-0.05, 0) is 11.6 Å². The topological polar surface area (TPSA) is 46.2 Å². The van der Waals surface area contributed by atoms with Crippen molar-refractivity contribution in [3.05, 3.63) is 71.0 Å². The lowest BCUT2D eigenvalue weighted by Gasteiger charge is -2.20. The molecule has 0 aliphatic rings. The summed E-state index contributed by atoms with van der Waals surface area (Å²) in [4.78, 5) is 0. The second kappa shape index (κ2) is 6.07. The van der Waals surface area contributed by atoms with Crippen LogP contribution in [0.1, 0.15) is 17.2 Å². The summed E-state index contributed by atoms with van der Waals surface area (Å²) in [6.45, 7) is 0. The van der Waals surface area contributed by atoms with E-state index in [9.17, 15) is 18.3 Å². The molecular formula is C15H14F3NO. The van der Waals surface area contributed by atoms with Crippen LogP contribution in [0.4, 0.5) is 13.2 Å². The second-order valence-electron chi connectivity index (χ2n) is 4.57. The molecule has 0 saturated carbocycles. The fourth-order valence-electron chi connectivity index (χ4n) is 1.98. The summed E-state index contributed by atoms with van der Waals surface area (Å²) >= 11 is 0. The standard InChI is InChI=1S/C15H14F3NO/c16-11-8-13(18)12(17)7-10(11)15(19)14(20)6-9-4-2-1-3-5-9/h1-5,7-8,14-15,20H,6,19H2/t14-,15+/m0/s1. The molecule has 2 aromatic rings. The fraction of sp³-hybridized carbons (Fsp3) is 0.200. The van der Waals surface area contributed by atoms with Crippen LogP contribution in [0.5, 0.6) is 0 Å². The Labute approximate surface area is 114 Å². The molecular weight excluding hydrogens is 267 g/mol. The largest absolute Gasteiger partial charge is 0.391 e. The Morgan fingerprint density at radius 3 is 2.20 bits per heavy atom. The molecule has 2 rings (SSSR count). The summed E-state index contributed by atoms with van der Waals surface area (Å²) in [5.41, 5.74) is 6.30. The summed E-state index contributed by atoms with van der Waals surface area (Å²) in [5, 5.41) is 10.0. The number of aliphatic hydroxyl groups is 1. The molecule has 0 fully saturated rings. The molecule has 20 heavy (non-hydrogen) atoms. The number of benzene rings is 2. The highest BCUT2D eigenvalue weighted by atomic mass is 19.2. The van der Waals surface area contributed by atoms with E-state index in [0.29, 0.717) is 12.1 Å². The molecule has 0 radical (unpaired) electrons.